The van der Waals surface area contributed by atoms with Gasteiger partial charge >= 0.3 is 18.4 Å². The van der Waals surface area contributed by atoms with Gasteiger partial charge in [0.05, 0.1) is 11.8 Å². The highest BCUT2D eigenvalue weighted by molar-refractivity contribution is 7.91. The van der Waals surface area contributed by atoms with Crippen LogP contribution in [0.25, 0.3) is 0 Å². The molecule has 0 unspecified atom stereocenters. The Morgan fingerprint density at radius 3 is 2.59 bits per heavy atom. The largest absolute Gasteiger partial charge is 0.444 e. The van der Waals surface area contributed by atoms with Crippen molar-refractivity contribution in [3.8, 4) is 0 Å². The summed E-state index contributed by atoms with van der Waals surface area (Å²) in [5, 5.41) is 4.76. The lowest BCUT2D eigenvalue weighted by Crippen LogP contribution is -2.58. The first-order valence-electron chi connectivity index (χ1n) is 17.4. The number of carbonyl (C=O) groups excluding carboxylic acids is 5. The van der Waals surface area contributed by atoms with Crippen LogP contribution in [0, 0.1) is 18.5 Å². The highest BCUT2D eigenvalue weighted by Gasteiger charge is 2.62. The van der Waals surface area contributed by atoms with Gasteiger partial charge < -0.3 is 25.0 Å². The number of hydrogen-bond acceptors (Lipinski definition) is 9. The van der Waals surface area contributed by atoms with Gasteiger partial charge in [-0.25, -0.2) is 18.0 Å². The Hall–Kier alpha value is -4.47. The molecule has 2 saturated carbocycles. The van der Waals surface area contributed by atoms with Crippen molar-refractivity contribution >= 4 is 39.9 Å². The average molecular weight is 730 g/mol. The van der Waals surface area contributed by atoms with Crippen LogP contribution in [0.3, 0.4) is 0 Å². The molecular formula is C35H44FN5O9S+2. The first-order chi connectivity index (χ1) is 24.1. The smallest absolute Gasteiger partial charge is 0.438 e. The lowest BCUT2D eigenvalue weighted by molar-refractivity contribution is -0.141. The second-order valence-electron chi connectivity index (χ2n) is 14.9. The summed E-state index contributed by atoms with van der Waals surface area (Å²) < 4.78 is 54.2. The van der Waals surface area contributed by atoms with Crippen molar-refractivity contribution in [1.82, 2.24) is 24.8 Å². The molecule has 6 rings (SSSR count). The molecule has 3 fully saturated rings. The summed E-state index contributed by atoms with van der Waals surface area (Å²) in [5.41, 5.74) is -1.73. The third-order valence-electron chi connectivity index (χ3n) is 9.65. The van der Waals surface area contributed by atoms with Crippen LogP contribution in [0.1, 0.15) is 89.7 Å². The Morgan fingerprint density at radius 1 is 1.12 bits per heavy atom. The topological polar surface area (TPSA) is 182 Å². The zero-order valence-electron chi connectivity index (χ0n) is 28.9. The Morgan fingerprint density at radius 2 is 1.88 bits per heavy atom. The fourth-order valence-electron chi connectivity index (χ4n) is 6.73. The number of sulfonamides is 1. The number of alkyl carbamates (subject to hydrolysis) is 1. The van der Waals surface area contributed by atoms with Gasteiger partial charge in [-0.15, -0.1) is 4.39 Å². The number of ether oxygens (including phenoxy) is 2. The Bertz CT molecular complexity index is 1750. The fourth-order valence-corrected chi connectivity index (χ4v) is 8.10. The fraction of sp³-hybridized carbons (Fsp3) is 0.571. The molecule has 2 aliphatic heterocycles. The highest BCUT2D eigenvalue weighted by Crippen LogP contribution is 2.46. The molecule has 3 aliphatic carbocycles. The minimum Gasteiger partial charge on any atom is -0.444 e. The second kappa shape index (κ2) is 13.9. The van der Waals surface area contributed by atoms with Crippen LogP contribution in [0.4, 0.5) is 14.0 Å². The molecule has 0 spiro atoms. The lowest BCUT2D eigenvalue weighted by atomic mass is 10.0. The highest BCUT2D eigenvalue weighted by atomic mass is 32.2. The first kappa shape index (κ1) is 36.3. The van der Waals surface area contributed by atoms with Crippen molar-refractivity contribution in [3.63, 3.8) is 0 Å². The number of amides is 4. The van der Waals surface area contributed by atoms with E-state index in [2.05, 4.69) is 15.4 Å². The molecule has 1 aromatic rings. The molecule has 3 N–H and O–H groups in total. The monoisotopic (exact) mass is 729 g/mol. The van der Waals surface area contributed by atoms with Crippen LogP contribution >= 0.6 is 0 Å². The molecule has 4 amide bonds. The van der Waals surface area contributed by atoms with E-state index in [0.29, 0.717) is 37.7 Å². The number of halogens is 1. The SMILES string of the molecule is CC(C)(C)OC(=O)N[C@H]1CCCCC/C=C\[C@@H]2C[C@@]2(C(=O)NS(=O)(=O)C2CC2)NC(=O)[C@@H]2C[C@@H](OC(=O)n3cc4c(c3)[C+](F)C=C[CH+]4)CN2C1=O. The molecular weight excluding hydrogens is 685 g/mol. The molecule has 51 heavy (non-hydrogen) atoms. The van der Waals surface area contributed by atoms with E-state index in [1.165, 1.54) is 29.4 Å². The summed E-state index contributed by atoms with van der Waals surface area (Å²) in [4.78, 5) is 69.3. The summed E-state index contributed by atoms with van der Waals surface area (Å²) in [5.74, 6) is -2.68. The van der Waals surface area contributed by atoms with Gasteiger partial charge in [-0.05, 0) is 59.3 Å². The van der Waals surface area contributed by atoms with E-state index in [0.717, 1.165) is 11.0 Å². The average Bonchev–Trinajstić information content (AvgIpc) is 3.93. The predicted octanol–water partition coefficient (Wildman–Crippen LogP) is 3.31. The van der Waals surface area contributed by atoms with Gasteiger partial charge in [0.2, 0.25) is 33.0 Å². The number of nitrogens with one attached hydrogen (secondary N) is 3. The van der Waals surface area contributed by atoms with Crippen LogP contribution in [-0.4, -0.2) is 88.9 Å². The van der Waals surface area contributed by atoms with Gasteiger partial charge in [-0.2, -0.15) is 4.57 Å². The molecule has 16 heteroatoms. The first-order valence-corrected chi connectivity index (χ1v) is 18.9. The van der Waals surface area contributed by atoms with Crippen LogP contribution in [0.2, 0.25) is 0 Å². The number of fused-ring (bicyclic) bond motifs is 3. The Labute approximate surface area is 296 Å². The lowest BCUT2D eigenvalue weighted by Gasteiger charge is -2.30. The minimum atomic E-state index is -3.92. The summed E-state index contributed by atoms with van der Waals surface area (Å²) in [6.07, 6.45) is 11.4. The van der Waals surface area contributed by atoms with Crippen LogP contribution in [0.5, 0.6) is 0 Å². The summed E-state index contributed by atoms with van der Waals surface area (Å²) in [6, 6.07) is -2.34. The molecule has 5 atom stereocenters. The van der Waals surface area contributed by atoms with E-state index in [9.17, 15) is 36.8 Å². The van der Waals surface area contributed by atoms with Crippen LogP contribution in [-0.2, 0) is 33.9 Å². The maximum Gasteiger partial charge on any atom is 0.438 e. The number of aromatic nitrogens is 1. The molecule has 3 heterocycles. The van der Waals surface area contributed by atoms with Crippen molar-refractivity contribution in [1.29, 1.82) is 0 Å². The normalized spacial score (nSPS) is 28.8. The molecule has 0 radical (unpaired) electrons. The van der Waals surface area contributed by atoms with Gasteiger partial charge in [-0.3, -0.25) is 19.1 Å². The van der Waals surface area contributed by atoms with E-state index >= 15 is 0 Å². The van der Waals surface area contributed by atoms with Crippen molar-refractivity contribution < 1.29 is 46.3 Å². The second-order valence-corrected chi connectivity index (χ2v) is 16.8. The van der Waals surface area contributed by atoms with Crippen molar-refractivity contribution in [2.45, 2.75) is 113 Å². The molecule has 0 bridgehead atoms. The van der Waals surface area contributed by atoms with Crippen molar-refractivity contribution in [2.75, 3.05) is 6.54 Å². The van der Waals surface area contributed by atoms with Gasteiger partial charge in [0, 0.05) is 12.3 Å². The van der Waals surface area contributed by atoms with Gasteiger partial charge in [0.1, 0.15) is 47.9 Å². The molecule has 5 aliphatic rings. The van der Waals surface area contributed by atoms with E-state index in [1.54, 1.807) is 27.2 Å². The predicted molar refractivity (Wildman–Crippen MR) is 181 cm³/mol. The summed E-state index contributed by atoms with van der Waals surface area (Å²) in [6.45, 7) is 4.84. The van der Waals surface area contributed by atoms with Gasteiger partial charge in [0.25, 0.3) is 5.91 Å². The number of nitrogens with zero attached hydrogens (tertiary/aromatic N) is 2. The maximum absolute atomic E-state index is 14.3. The Kier molecular flexibility index (Phi) is 9.92. The van der Waals surface area contributed by atoms with Gasteiger partial charge in [0.15, 0.2) is 12.4 Å². The molecule has 274 valence electrons. The quantitative estimate of drug-likeness (QED) is 0.303. The van der Waals surface area contributed by atoms with Crippen LogP contribution < -0.4 is 15.4 Å². The molecule has 14 nitrogen and oxygen atoms in total. The third kappa shape index (κ3) is 8.21. The molecule has 0 aromatic carbocycles. The number of carbonyl (C=O) groups is 5. The Balaban J connectivity index is 1.27. The third-order valence-corrected chi connectivity index (χ3v) is 11.5. The zero-order valence-corrected chi connectivity index (χ0v) is 29.7. The van der Waals surface area contributed by atoms with Crippen molar-refractivity contribution in [2.24, 2.45) is 5.92 Å². The zero-order chi connectivity index (χ0) is 36.7. The van der Waals surface area contributed by atoms with Gasteiger partial charge in [-0.1, -0.05) is 25.0 Å². The van der Waals surface area contributed by atoms with Crippen LogP contribution in [0.15, 0.2) is 36.7 Å². The summed E-state index contributed by atoms with van der Waals surface area (Å²) in [7, 11) is -3.92. The van der Waals surface area contributed by atoms with E-state index in [-0.39, 0.29) is 31.4 Å². The maximum atomic E-state index is 14.3. The summed E-state index contributed by atoms with van der Waals surface area (Å²) >= 11 is 0. The van der Waals surface area contributed by atoms with E-state index in [1.807, 2.05) is 12.2 Å². The minimum absolute atomic E-state index is 0.154. The molecule has 1 aromatic heterocycles. The standard InChI is InChI=1S/C35H42FN5O9S/c1-34(2,3)50-32(45)37-27-13-8-6-4-5-7-11-22-17-35(22,31(44)39-51(47,48)24-14-15-24)38-29(42)28-16-23(19-41(28)30(27)43)49-33(46)40-18-21-10-9-12-26(36)25(21)20-40/h7,9-12,18,20,22-24,27-28H,4-6,8,13-17,19H2,1-3H3,(H-2,37,38,39,42,44,45)/p+2/b11-7-/t22-,23-,27+,28+,35-/m1/s1. The van der Waals surface area contributed by atoms with E-state index < -0.39 is 86.6 Å². The number of allylic oxidation sites excluding steroid dienone is 3. The number of hydrogen-bond donors (Lipinski definition) is 3. The molecule has 1 saturated heterocycles. The number of rotatable bonds is 5. The van der Waals surface area contributed by atoms with Crippen molar-refractivity contribution in [3.05, 3.63) is 60.4 Å². The van der Waals surface area contributed by atoms with E-state index in [4.69, 9.17) is 9.47 Å².